The molecule has 1 N–H and O–H groups in total. The van der Waals surface area contributed by atoms with Gasteiger partial charge in [0.1, 0.15) is 5.75 Å². The Balaban J connectivity index is 1.39. The maximum absolute atomic E-state index is 12.8. The van der Waals surface area contributed by atoms with E-state index < -0.39 is 21.7 Å². The zero-order valence-electron chi connectivity index (χ0n) is 18.0. The Bertz CT molecular complexity index is 1220. The van der Waals surface area contributed by atoms with Gasteiger partial charge in [-0.3, -0.25) is 4.79 Å². The summed E-state index contributed by atoms with van der Waals surface area (Å²) in [7, 11) is -3.74. The van der Waals surface area contributed by atoms with E-state index in [1.54, 1.807) is 31.2 Å². The molecule has 3 aromatic rings. The average Bonchev–Trinajstić information content (AvgIpc) is 3.20. The van der Waals surface area contributed by atoms with Crippen LogP contribution in [-0.4, -0.2) is 60.7 Å². The molecular formula is C22H25N5O4S. The summed E-state index contributed by atoms with van der Waals surface area (Å²) in [5.74, 6) is -0.516. The molecule has 168 valence electrons. The Labute approximate surface area is 187 Å². The molecule has 2 heterocycles. The van der Waals surface area contributed by atoms with Gasteiger partial charge in [-0.05, 0) is 36.8 Å². The second kappa shape index (κ2) is 9.09. The van der Waals surface area contributed by atoms with Crippen LogP contribution in [0.25, 0.3) is 11.4 Å². The lowest BCUT2D eigenvalue weighted by Gasteiger charge is -2.35. The number of amides is 1. The van der Waals surface area contributed by atoms with Gasteiger partial charge in [0, 0.05) is 44.4 Å². The highest BCUT2D eigenvalue weighted by Crippen LogP contribution is 2.25. The molecule has 1 aliphatic heterocycles. The molecule has 0 bridgehead atoms. The minimum absolute atomic E-state index is 0.327. The summed E-state index contributed by atoms with van der Waals surface area (Å²) in [6.45, 7) is 5.52. The molecule has 1 saturated heterocycles. The normalized spacial score (nSPS) is 15.0. The number of nitrogens with zero attached hydrogens (tertiary/aromatic N) is 4. The van der Waals surface area contributed by atoms with Gasteiger partial charge in [0.2, 0.25) is 27.6 Å². The highest BCUT2D eigenvalue weighted by Gasteiger charge is 2.29. The SMILES string of the molecule is Cc1cccc(N2CCN(S(=O)(=O)CC(=O)Nc3ccccc3-c3noc(C)n3)CC2)c1. The Morgan fingerprint density at radius 2 is 1.81 bits per heavy atom. The number of piperazine rings is 1. The van der Waals surface area contributed by atoms with Gasteiger partial charge in [0.25, 0.3) is 0 Å². The number of aromatic nitrogens is 2. The Kier molecular flexibility index (Phi) is 6.24. The first-order valence-corrected chi connectivity index (χ1v) is 11.9. The van der Waals surface area contributed by atoms with Crippen molar-refractivity contribution in [1.29, 1.82) is 0 Å². The molecule has 1 aliphatic rings. The van der Waals surface area contributed by atoms with E-state index in [-0.39, 0.29) is 0 Å². The van der Waals surface area contributed by atoms with E-state index in [9.17, 15) is 13.2 Å². The van der Waals surface area contributed by atoms with E-state index in [4.69, 9.17) is 4.52 Å². The molecule has 1 amide bonds. The minimum Gasteiger partial charge on any atom is -0.369 e. The van der Waals surface area contributed by atoms with Gasteiger partial charge in [-0.1, -0.05) is 29.4 Å². The first-order valence-electron chi connectivity index (χ1n) is 10.3. The third-order valence-corrected chi connectivity index (χ3v) is 7.06. The van der Waals surface area contributed by atoms with Crippen LogP contribution in [0.2, 0.25) is 0 Å². The fraction of sp³-hybridized carbons (Fsp3) is 0.318. The third kappa shape index (κ3) is 4.97. The molecule has 0 radical (unpaired) electrons. The van der Waals surface area contributed by atoms with Gasteiger partial charge in [0.05, 0.1) is 5.69 Å². The van der Waals surface area contributed by atoms with Crippen molar-refractivity contribution in [3.63, 3.8) is 0 Å². The number of aryl methyl sites for hydroxylation is 2. The second-order valence-corrected chi connectivity index (χ2v) is 9.68. The number of benzene rings is 2. The van der Waals surface area contributed by atoms with Crippen LogP contribution in [0, 0.1) is 13.8 Å². The van der Waals surface area contributed by atoms with Gasteiger partial charge >= 0.3 is 0 Å². The second-order valence-electron chi connectivity index (χ2n) is 7.71. The van der Waals surface area contributed by atoms with Gasteiger partial charge in [-0.15, -0.1) is 0 Å². The maximum atomic E-state index is 12.8. The first kappa shape index (κ1) is 22.0. The number of para-hydroxylation sites is 1. The van der Waals surface area contributed by atoms with E-state index >= 15 is 0 Å². The molecule has 4 rings (SSSR count). The van der Waals surface area contributed by atoms with E-state index in [0.29, 0.717) is 49.1 Å². The third-order valence-electron chi connectivity index (χ3n) is 5.28. The molecule has 0 saturated carbocycles. The van der Waals surface area contributed by atoms with Crippen LogP contribution in [0.5, 0.6) is 0 Å². The van der Waals surface area contributed by atoms with Crippen molar-refractivity contribution in [2.24, 2.45) is 0 Å². The van der Waals surface area contributed by atoms with Crippen LogP contribution in [0.15, 0.2) is 53.1 Å². The smallest absolute Gasteiger partial charge is 0.241 e. The molecule has 10 heteroatoms. The standard InChI is InChI=1S/C22H25N5O4S/c1-16-6-5-7-18(14-16)26-10-12-27(13-11-26)32(29,30)15-21(28)24-20-9-4-3-8-19(20)22-23-17(2)31-25-22/h3-9,14H,10-13,15H2,1-2H3,(H,24,28). The van der Waals surface area contributed by atoms with E-state index in [1.807, 2.05) is 25.1 Å². The summed E-state index contributed by atoms with van der Waals surface area (Å²) in [6.07, 6.45) is 0. The van der Waals surface area contributed by atoms with Crippen LogP contribution in [0.1, 0.15) is 11.5 Å². The van der Waals surface area contributed by atoms with Crippen LogP contribution in [-0.2, 0) is 14.8 Å². The quantitative estimate of drug-likeness (QED) is 0.608. The van der Waals surface area contributed by atoms with Crippen molar-refractivity contribution in [1.82, 2.24) is 14.4 Å². The van der Waals surface area contributed by atoms with Gasteiger partial charge in [-0.2, -0.15) is 9.29 Å². The summed E-state index contributed by atoms with van der Waals surface area (Å²) in [5, 5.41) is 6.55. The monoisotopic (exact) mass is 455 g/mol. The maximum Gasteiger partial charge on any atom is 0.241 e. The molecule has 0 atom stereocenters. The molecule has 2 aromatic carbocycles. The Hall–Kier alpha value is -3.24. The van der Waals surface area contributed by atoms with Crippen LogP contribution in [0.3, 0.4) is 0 Å². The number of rotatable bonds is 6. The molecular weight excluding hydrogens is 430 g/mol. The number of nitrogens with one attached hydrogen (secondary N) is 1. The molecule has 0 aliphatic carbocycles. The molecule has 1 fully saturated rings. The topological polar surface area (TPSA) is 109 Å². The summed E-state index contributed by atoms with van der Waals surface area (Å²) in [4.78, 5) is 18.9. The number of carbonyl (C=O) groups excluding carboxylic acids is 1. The van der Waals surface area contributed by atoms with E-state index in [1.165, 1.54) is 4.31 Å². The van der Waals surface area contributed by atoms with E-state index in [2.05, 4.69) is 26.4 Å². The van der Waals surface area contributed by atoms with Gasteiger partial charge in [0.15, 0.2) is 0 Å². The van der Waals surface area contributed by atoms with Crippen LogP contribution >= 0.6 is 0 Å². The highest BCUT2D eigenvalue weighted by molar-refractivity contribution is 7.89. The predicted octanol–water partition coefficient (Wildman–Crippen LogP) is 2.44. The van der Waals surface area contributed by atoms with Crippen molar-refractivity contribution in [2.75, 3.05) is 42.1 Å². The first-order chi connectivity index (χ1) is 15.3. The highest BCUT2D eigenvalue weighted by atomic mass is 32.2. The lowest BCUT2D eigenvalue weighted by molar-refractivity contribution is -0.113. The molecule has 0 unspecified atom stereocenters. The van der Waals surface area contributed by atoms with Crippen molar-refractivity contribution < 1.29 is 17.7 Å². The van der Waals surface area contributed by atoms with Crippen molar-refractivity contribution in [3.05, 3.63) is 60.0 Å². The van der Waals surface area contributed by atoms with Crippen molar-refractivity contribution >= 4 is 27.3 Å². The number of carbonyl (C=O) groups is 1. The minimum atomic E-state index is -3.74. The molecule has 9 nitrogen and oxygen atoms in total. The summed E-state index contributed by atoms with van der Waals surface area (Å²) < 4.78 is 32.1. The number of anilines is 2. The largest absolute Gasteiger partial charge is 0.369 e. The lowest BCUT2D eigenvalue weighted by atomic mass is 10.1. The zero-order chi connectivity index (χ0) is 22.7. The Morgan fingerprint density at radius 1 is 1.06 bits per heavy atom. The molecule has 0 spiro atoms. The lowest BCUT2D eigenvalue weighted by Crippen LogP contribution is -2.50. The van der Waals surface area contributed by atoms with Crippen molar-refractivity contribution in [2.45, 2.75) is 13.8 Å². The fourth-order valence-corrected chi connectivity index (χ4v) is 4.99. The van der Waals surface area contributed by atoms with Crippen LogP contribution < -0.4 is 10.2 Å². The number of hydrogen-bond donors (Lipinski definition) is 1. The number of sulfonamides is 1. The summed E-state index contributed by atoms with van der Waals surface area (Å²) in [6, 6.07) is 15.1. The molecule has 32 heavy (non-hydrogen) atoms. The fourth-order valence-electron chi connectivity index (χ4n) is 3.69. The van der Waals surface area contributed by atoms with Gasteiger partial charge < -0.3 is 14.7 Å². The Morgan fingerprint density at radius 3 is 2.50 bits per heavy atom. The van der Waals surface area contributed by atoms with Crippen molar-refractivity contribution in [3.8, 4) is 11.4 Å². The summed E-state index contributed by atoms with van der Waals surface area (Å²) in [5.41, 5.74) is 3.22. The van der Waals surface area contributed by atoms with Crippen LogP contribution in [0.4, 0.5) is 11.4 Å². The predicted molar refractivity (Wildman–Crippen MR) is 122 cm³/mol. The van der Waals surface area contributed by atoms with E-state index in [0.717, 1.165) is 11.3 Å². The van der Waals surface area contributed by atoms with Gasteiger partial charge in [-0.25, -0.2) is 8.42 Å². The zero-order valence-corrected chi connectivity index (χ0v) is 18.8. The average molecular weight is 456 g/mol. The molecule has 1 aromatic heterocycles. The summed E-state index contributed by atoms with van der Waals surface area (Å²) >= 11 is 0. The number of hydrogen-bond acceptors (Lipinski definition) is 7.